The van der Waals surface area contributed by atoms with Crippen molar-refractivity contribution in [1.82, 2.24) is 4.90 Å². The Morgan fingerprint density at radius 3 is 2.29 bits per heavy atom. The van der Waals surface area contributed by atoms with E-state index in [9.17, 15) is 5.26 Å². The van der Waals surface area contributed by atoms with E-state index in [-0.39, 0.29) is 11.0 Å². The van der Waals surface area contributed by atoms with Crippen LogP contribution < -0.4 is 0 Å². The van der Waals surface area contributed by atoms with Crippen LogP contribution in [-0.4, -0.2) is 23.5 Å². The molecule has 0 amide bonds. The van der Waals surface area contributed by atoms with Gasteiger partial charge >= 0.3 is 0 Å². The second kappa shape index (κ2) is 4.61. The van der Waals surface area contributed by atoms with Crippen LogP contribution in [0.5, 0.6) is 0 Å². The first-order chi connectivity index (χ1) is 8.00. The highest BCUT2D eigenvalue weighted by molar-refractivity contribution is 5.16. The van der Waals surface area contributed by atoms with Crippen molar-refractivity contribution in [2.45, 2.75) is 64.8 Å². The third kappa shape index (κ3) is 2.22. The molecule has 2 rings (SSSR count). The number of nitriles is 1. The first-order valence-electron chi connectivity index (χ1n) is 7.17. The van der Waals surface area contributed by atoms with Gasteiger partial charge in [0.25, 0.3) is 0 Å². The van der Waals surface area contributed by atoms with Gasteiger partial charge in [-0.3, -0.25) is 4.90 Å². The summed E-state index contributed by atoms with van der Waals surface area (Å²) < 4.78 is 0. The van der Waals surface area contributed by atoms with Gasteiger partial charge in [0, 0.05) is 0 Å². The lowest BCUT2D eigenvalue weighted by atomic mass is 9.62. The molecule has 0 aromatic carbocycles. The molecule has 2 unspecified atom stereocenters. The molecule has 2 heteroatoms. The number of rotatable bonds is 1. The number of nitrogens with zero attached hydrogens (tertiary/aromatic N) is 2. The smallest absolute Gasteiger partial charge is 0.112 e. The normalized spacial score (nSPS) is 35.8. The number of hydrogen-bond donors (Lipinski definition) is 0. The molecule has 0 aromatic heterocycles. The Balaban J connectivity index is 2.31. The second-order valence-electron chi connectivity index (χ2n) is 6.89. The van der Waals surface area contributed by atoms with Crippen LogP contribution in [-0.2, 0) is 0 Å². The lowest BCUT2D eigenvalue weighted by molar-refractivity contribution is 0.00503. The van der Waals surface area contributed by atoms with Crippen molar-refractivity contribution >= 4 is 0 Å². The van der Waals surface area contributed by atoms with E-state index in [1.54, 1.807) is 0 Å². The Bertz CT molecular complexity index is 304. The van der Waals surface area contributed by atoms with Crippen LogP contribution in [0.4, 0.5) is 0 Å². The molecule has 0 radical (unpaired) electrons. The molecule has 1 aliphatic heterocycles. The standard InChI is InChI=1S/C15H26N2/c1-14(2,3)13-8-4-5-9-15(13,12-16)17-10-6-7-11-17/h13H,4-11H2,1-3H3. The zero-order valence-electron chi connectivity index (χ0n) is 11.6. The zero-order chi connectivity index (χ0) is 12.5. The predicted octanol–water partition coefficient (Wildman–Crippen LogP) is 3.58. The van der Waals surface area contributed by atoms with Gasteiger partial charge in [-0.2, -0.15) is 5.26 Å². The molecule has 96 valence electrons. The van der Waals surface area contributed by atoms with Crippen LogP contribution in [0.3, 0.4) is 0 Å². The largest absolute Gasteiger partial charge is 0.285 e. The van der Waals surface area contributed by atoms with E-state index in [4.69, 9.17) is 0 Å². The molecular weight excluding hydrogens is 208 g/mol. The molecule has 2 aliphatic rings. The van der Waals surface area contributed by atoms with Crippen molar-refractivity contribution in [3.05, 3.63) is 0 Å². The van der Waals surface area contributed by atoms with E-state index in [0.29, 0.717) is 5.92 Å². The van der Waals surface area contributed by atoms with E-state index >= 15 is 0 Å². The van der Waals surface area contributed by atoms with E-state index in [2.05, 4.69) is 31.7 Å². The van der Waals surface area contributed by atoms with Gasteiger partial charge in [-0.25, -0.2) is 0 Å². The van der Waals surface area contributed by atoms with Crippen LogP contribution in [0.15, 0.2) is 0 Å². The predicted molar refractivity (Wildman–Crippen MR) is 70.6 cm³/mol. The Kier molecular flexibility index (Phi) is 3.50. The van der Waals surface area contributed by atoms with Gasteiger partial charge in [0.1, 0.15) is 5.54 Å². The van der Waals surface area contributed by atoms with Gasteiger partial charge in [-0.15, -0.1) is 0 Å². The van der Waals surface area contributed by atoms with Gasteiger partial charge < -0.3 is 0 Å². The molecule has 1 aliphatic carbocycles. The Labute approximate surface area is 106 Å². The molecule has 2 fully saturated rings. The molecule has 0 spiro atoms. The third-order valence-corrected chi connectivity index (χ3v) is 4.79. The summed E-state index contributed by atoms with van der Waals surface area (Å²) >= 11 is 0. The lowest BCUT2D eigenvalue weighted by Crippen LogP contribution is -2.56. The van der Waals surface area contributed by atoms with Crippen molar-refractivity contribution in [3.8, 4) is 6.07 Å². The Morgan fingerprint density at radius 2 is 1.76 bits per heavy atom. The summed E-state index contributed by atoms with van der Waals surface area (Å²) in [5.41, 5.74) is 0.0890. The van der Waals surface area contributed by atoms with Crippen LogP contribution in [0.2, 0.25) is 0 Å². The summed E-state index contributed by atoms with van der Waals surface area (Å²) in [6, 6.07) is 2.74. The van der Waals surface area contributed by atoms with Gasteiger partial charge in [0.2, 0.25) is 0 Å². The third-order valence-electron chi connectivity index (χ3n) is 4.79. The molecule has 2 atom stereocenters. The number of likely N-dealkylation sites (tertiary alicyclic amines) is 1. The maximum absolute atomic E-state index is 9.84. The molecule has 17 heavy (non-hydrogen) atoms. The minimum atomic E-state index is -0.160. The first-order valence-corrected chi connectivity index (χ1v) is 7.17. The second-order valence-corrected chi connectivity index (χ2v) is 6.89. The van der Waals surface area contributed by atoms with Crippen LogP contribution in [0.1, 0.15) is 59.3 Å². The molecule has 1 saturated carbocycles. The van der Waals surface area contributed by atoms with E-state index in [0.717, 1.165) is 19.5 Å². The maximum Gasteiger partial charge on any atom is 0.112 e. The minimum absolute atomic E-state index is 0.160. The molecule has 0 bridgehead atoms. The maximum atomic E-state index is 9.84. The zero-order valence-corrected chi connectivity index (χ0v) is 11.6. The molecule has 1 heterocycles. The summed E-state index contributed by atoms with van der Waals surface area (Å²) in [4.78, 5) is 2.50. The summed E-state index contributed by atoms with van der Waals surface area (Å²) in [5.74, 6) is 0.534. The quantitative estimate of drug-likeness (QED) is 0.693. The summed E-state index contributed by atoms with van der Waals surface area (Å²) in [7, 11) is 0. The summed E-state index contributed by atoms with van der Waals surface area (Å²) in [6.07, 6.45) is 7.41. The minimum Gasteiger partial charge on any atom is -0.285 e. The molecule has 2 nitrogen and oxygen atoms in total. The summed E-state index contributed by atoms with van der Waals surface area (Å²) in [5, 5.41) is 9.84. The van der Waals surface area contributed by atoms with Gasteiger partial charge in [-0.05, 0) is 50.1 Å². The van der Waals surface area contributed by atoms with Crippen LogP contribution in [0, 0.1) is 22.7 Å². The highest BCUT2D eigenvalue weighted by Crippen LogP contribution is 2.48. The molecular formula is C15H26N2. The molecule has 1 saturated heterocycles. The van der Waals surface area contributed by atoms with Crippen molar-refractivity contribution in [2.24, 2.45) is 11.3 Å². The van der Waals surface area contributed by atoms with Crippen molar-refractivity contribution < 1.29 is 0 Å². The Morgan fingerprint density at radius 1 is 1.12 bits per heavy atom. The summed E-state index contributed by atoms with van der Waals surface area (Å²) in [6.45, 7) is 9.21. The Hall–Kier alpha value is -0.550. The van der Waals surface area contributed by atoms with E-state index in [1.807, 2.05) is 0 Å². The first kappa shape index (κ1) is 12.9. The fourth-order valence-corrected chi connectivity index (χ4v) is 4.00. The average molecular weight is 234 g/mol. The molecule has 0 N–H and O–H groups in total. The van der Waals surface area contributed by atoms with Crippen molar-refractivity contribution in [1.29, 1.82) is 5.26 Å². The SMILES string of the molecule is CC(C)(C)C1CCCCC1(C#N)N1CCCC1. The fraction of sp³-hybridized carbons (Fsp3) is 0.933. The average Bonchev–Trinajstić information content (AvgIpc) is 2.81. The van der Waals surface area contributed by atoms with Crippen molar-refractivity contribution in [2.75, 3.05) is 13.1 Å². The topological polar surface area (TPSA) is 27.0 Å². The van der Waals surface area contributed by atoms with Gasteiger partial charge in [0.15, 0.2) is 0 Å². The highest BCUT2D eigenvalue weighted by atomic mass is 15.2. The van der Waals surface area contributed by atoms with E-state index in [1.165, 1.54) is 32.1 Å². The number of hydrogen-bond acceptors (Lipinski definition) is 2. The molecule has 0 aromatic rings. The highest BCUT2D eigenvalue weighted by Gasteiger charge is 2.50. The van der Waals surface area contributed by atoms with E-state index < -0.39 is 0 Å². The van der Waals surface area contributed by atoms with Crippen LogP contribution in [0.25, 0.3) is 0 Å². The fourth-order valence-electron chi connectivity index (χ4n) is 4.00. The van der Waals surface area contributed by atoms with Crippen LogP contribution >= 0.6 is 0 Å². The van der Waals surface area contributed by atoms with Gasteiger partial charge in [0.05, 0.1) is 6.07 Å². The van der Waals surface area contributed by atoms with Crippen molar-refractivity contribution in [3.63, 3.8) is 0 Å². The monoisotopic (exact) mass is 234 g/mol. The lowest BCUT2D eigenvalue weighted by Gasteiger charge is -2.50. The van der Waals surface area contributed by atoms with Gasteiger partial charge in [-0.1, -0.05) is 33.6 Å².